The van der Waals surface area contributed by atoms with Crippen molar-refractivity contribution in [2.75, 3.05) is 37.0 Å². The maximum Gasteiger partial charge on any atom is 0.273 e. The number of nitrogens with zero attached hydrogens (tertiary/aromatic N) is 4. The third-order valence-corrected chi connectivity index (χ3v) is 8.90. The number of aromatic nitrogens is 3. The number of anilines is 1. The Hall–Kier alpha value is -2.16. The van der Waals surface area contributed by atoms with Crippen molar-refractivity contribution in [1.82, 2.24) is 19.3 Å². The van der Waals surface area contributed by atoms with E-state index in [1.165, 1.54) is 18.5 Å². The number of hydrogen-bond donors (Lipinski definition) is 1. The molecule has 11 heteroatoms. The second-order valence-electron chi connectivity index (χ2n) is 7.64. The molecule has 1 fully saturated rings. The molecule has 6 nitrogen and oxygen atoms in total. The van der Waals surface area contributed by atoms with Crippen molar-refractivity contribution < 1.29 is 17.4 Å². The first-order valence-corrected chi connectivity index (χ1v) is 13.3. The van der Waals surface area contributed by atoms with Gasteiger partial charge in [-0.15, -0.1) is 0 Å². The summed E-state index contributed by atoms with van der Waals surface area (Å²) < 4.78 is 55.5. The fraction of sp³-hybridized carbons (Fsp3) is 0.381. The third kappa shape index (κ3) is 4.92. The van der Waals surface area contributed by atoms with Gasteiger partial charge in [0.05, 0.1) is 33.7 Å². The molecule has 1 N–H and O–H groups in total. The fourth-order valence-corrected chi connectivity index (χ4v) is 6.82. The molecule has 170 valence electrons. The zero-order chi connectivity index (χ0) is 22.9. The van der Waals surface area contributed by atoms with Crippen LogP contribution in [0.1, 0.15) is 18.1 Å². The maximum absolute atomic E-state index is 14.6. The maximum atomic E-state index is 14.6. The van der Waals surface area contributed by atoms with Gasteiger partial charge in [0.25, 0.3) is 5.92 Å². The number of benzene rings is 1. The lowest BCUT2D eigenvalue weighted by molar-refractivity contribution is 0.0136. The molecule has 1 unspecified atom stereocenters. The van der Waals surface area contributed by atoms with E-state index in [2.05, 4.69) is 20.3 Å². The zero-order valence-electron chi connectivity index (χ0n) is 17.7. The zero-order valence-corrected chi connectivity index (χ0v) is 19.4. The van der Waals surface area contributed by atoms with Crippen LogP contribution in [0.3, 0.4) is 0 Å². The van der Waals surface area contributed by atoms with E-state index in [4.69, 9.17) is 0 Å². The van der Waals surface area contributed by atoms with Crippen LogP contribution in [0, 0.1) is 5.82 Å². The fourth-order valence-electron chi connectivity index (χ4n) is 3.67. The predicted octanol–water partition coefficient (Wildman–Crippen LogP) is 3.60. The Balaban J connectivity index is 1.56. The van der Waals surface area contributed by atoms with Crippen molar-refractivity contribution in [2.45, 2.75) is 19.4 Å². The van der Waals surface area contributed by atoms with Crippen LogP contribution in [0.15, 0.2) is 36.8 Å². The van der Waals surface area contributed by atoms with Crippen molar-refractivity contribution in [3.8, 4) is 0 Å². The quantitative estimate of drug-likeness (QED) is 0.545. The highest BCUT2D eigenvalue weighted by atomic mass is 32.2. The summed E-state index contributed by atoms with van der Waals surface area (Å²) in [6.07, 6.45) is 6.60. The van der Waals surface area contributed by atoms with Crippen molar-refractivity contribution in [1.29, 1.82) is 0 Å². The summed E-state index contributed by atoms with van der Waals surface area (Å²) in [5, 5.41) is 3.82. The van der Waals surface area contributed by atoms with Crippen LogP contribution in [-0.4, -0.2) is 55.1 Å². The van der Waals surface area contributed by atoms with E-state index in [0.717, 1.165) is 42.3 Å². The van der Waals surface area contributed by atoms with E-state index >= 15 is 0 Å². The van der Waals surface area contributed by atoms with Crippen molar-refractivity contribution in [3.63, 3.8) is 0 Å². The highest BCUT2D eigenvalue weighted by Crippen LogP contribution is 2.37. The van der Waals surface area contributed by atoms with Gasteiger partial charge in [0.2, 0.25) is 0 Å². The van der Waals surface area contributed by atoms with Gasteiger partial charge in [-0.3, -0.25) is 4.98 Å². The summed E-state index contributed by atoms with van der Waals surface area (Å²) in [4.78, 5) is 13.1. The van der Waals surface area contributed by atoms with Gasteiger partial charge in [-0.25, -0.2) is 31.7 Å². The Morgan fingerprint density at radius 1 is 1.22 bits per heavy atom. The molecule has 0 saturated carbocycles. The first-order valence-electron chi connectivity index (χ1n) is 10.1. The number of rotatable bonds is 6. The molecular formula is C21H23F3N5OPS. The SMILES string of the molecule is CS(=O)N1CCP(c2cc3c(NCc4cccc(C(C)(F)F)c4F)ncnc3cn2)CC1. The molecule has 1 aromatic carbocycles. The molecule has 3 heterocycles. The van der Waals surface area contributed by atoms with E-state index in [9.17, 15) is 17.4 Å². The van der Waals surface area contributed by atoms with Crippen molar-refractivity contribution in [2.24, 2.45) is 0 Å². The summed E-state index contributed by atoms with van der Waals surface area (Å²) >= 11 is 0. The monoisotopic (exact) mass is 481 g/mol. The van der Waals surface area contributed by atoms with Gasteiger partial charge in [-0.05, 0) is 18.4 Å². The topological polar surface area (TPSA) is 71.0 Å². The van der Waals surface area contributed by atoms with E-state index in [0.29, 0.717) is 18.3 Å². The Morgan fingerprint density at radius 3 is 2.66 bits per heavy atom. The van der Waals surface area contributed by atoms with Crippen LogP contribution < -0.4 is 10.8 Å². The molecule has 1 atom stereocenters. The summed E-state index contributed by atoms with van der Waals surface area (Å²) in [7, 11) is -1.46. The lowest BCUT2D eigenvalue weighted by Gasteiger charge is -2.29. The highest BCUT2D eigenvalue weighted by Gasteiger charge is 2.29. The van der Waals surface area contributed by atoms with Gasteiger partial charge in [0, 0.05) is 43.8 Å². The van der Waals surface area contributed by atoms with E-state index in [1.807, 2.05) is 10.4 Å². The molecule has 0 amide bonds. The number of halogens is 3. The average molecular weight is 481 g/mol. The normalized spacial score (nSPS) is 16.9. The second kappa shape index (κ2) is 9.37. The van der Waals surface area contributed by atoms with Gasteiger partial charge in [-0.1, -0.05) is 26.1 Å². The lowest BCUT2D eigenvalue weighted by atomic mass is 10.0. The van der Waals surface area contributed by atoms with Crippen LogP contribution in [0.2, 0.25) is 0 Å². The second-order valence-corrected chi connectivity index (χ2v) is 11.4. The van der Waals surface area contributed by atoms with E-state index < -0.39 is 36.2 Å². The molecule has 32 heavy (non-hydrogen) atoms. The molecule has 0 aliphatic carbocycles. The van der Waals surface area contributed by atoms with E-state index in [1.54, 1.807) is 12.5 Å². The summed E-state index contributed by atoms with van der Waals surface area (Å²) in [5.74, 6) is -3.68. The largest absolute Gasteiger partial charge is 0.365 e. The van der Waals surface area contributed by atoms with Crippen molar-refractivity contribution in [3.05, 3.63) is 53.7 Å². The first kappa shape index (κ1) is 23.0. The molecule has 4 rings (SSSR count). The molecular weight excluding hydrogens is 458 g/mol. The average Bonchev–Trinajstić information content (AvgIpc) is 2.77. The van der Waals surface area contributed by atoms with Crippen LogP contribution in [0.4, 0.5) is 19.0 Å². The van der Waals surface area contributed by atoms with Crippen LogP contribution in [0.5, 0.6) is 0 Å². The molecule has 0 radical (unpaired) electrons. The Morgan fingerprint density at radius 2 is 1.97 bits per heavy atom. The van der Waals surface area contributed by atoms with Crippen LogP contribution >= 0.6 is 7.92 Å². The molecule has 1 aliphatic heterocycles. The number of alkyl halides is 2. The van der Waals surface area contributed by atoms with Gasteiger partial charge in [0.15, 0.2) is 0 Å². The first-order chi connectivity index (χ1) is 15.2. The molecule has 1 saturated heterocycles. The number of pyridine rings is 1. The van der Waals surface area contributed by atoms with E-state index in [-0.39, 0.29) is 12.1 Å². The van der Waals surface area contributed by atoms with Crippen molar-refractivity contribution >= 4 is 41.1 Å². The molecule has 1 aliphatic rings. The molecule has 2 aromatic heterocycles. The molecule has 0 bridgehead atoms. The predicted molar refractivity (Wildman–Crippen MR) is 123 cm³/mol. The third-order valence-electron chi connectivity index (χ3n) is 5.43. The Bertz CT molecular complexity index is 1150. The molecule has 3 aromatic rings. The van der Waals surface area contributed by atoms with Gasteiger partial charge in [-0.2, -0.15) is 0 Å². The minimum Gasteiger partial charge on any atom is -0.365 e. The number of nitrogens with one attached hydrogen (secondary N) is 1. The van der Waals surface area contributed by atoms with Gasteiger partial charge < -0.3 is 5.32 Å². The summed E-state index contributed by atoms with van der Waals surface area (Å²) in [5.41, 5.74) is 1.11. The van der Waals surface area contributed by atoms with Crippen LogP contribution in [-0.2, 0) is 23.5 Å². The number of hydrogen-bond acceptors (Lipinski definition) is 5. The minimum absolute atomic E-state index is 0.00551. The minimum atomic E-state index is -3.26. The highest BCUT2D eigenvalue weighted by molar-refractivity contribution is 7.82. The van der Waals surface area contributed by atoms with Crippen LogP contribution in [0.25, 0.3) is 10.9 Å². The summed E-state index contributed by atoms with van der Waals surface area (Å²) in [6, 6.07) is 5.95. The number of fused-ring (bicyclic) bond motifs is 1. The van der Waals surface area contributed by atoms with Gasteiger partial charge in [0.1, 0.15) is 18.0 Å². The standard InChI is InChI=1S/C21H23F3N5OPS/c1-21(23,24)16-5-3-4-14(19(16)22)11-26-20-15-10-18(25-12-17(15)27-13-28-20)31-8-6-29(7-9-31)32(2)30/h3-5,10,12-13H,6-9,11H2,1-2H3,(H,26,27,28). The molecule has 0 spiro atoms. The lowest BCUT2D eigenvalue weighted by Crippen LogP contribution is -2.36. The Kier molecular flexibility index (Phi) is 6.74. The van der Waals surface area contributed by atoms with Gasteiger partial charge >= 0.3 is 0 Å². The summed E-state index contributed by atoms with van der Waals surface area (Å²) in [6.45, 7) is 2.22. The Labute approximate surface area is 188 Å². The smallest absolute Gasteiger partial charge is 0.273 e.